The van der Waals surface area contributed by atoms with Crippen molar-refractivity contribution in [1.29, 1.82) is 0 Å². The molecule has 0 heterocycles. The average molecular weight is 286 g/mol. The summed E-state index contributed by atoms with van der Waals surface area (Å²) < 4.78 is 10.7. The van der Waals surface area contributed by atoms with Crippen LogP contribution in [0, 0.1) is 0 Å². The Hall–Kier alpha value is -0.770. The maximum absolute atomic E-state index is 5.35. The normalized spacial score (nSPS) is 16.2. The van der Waals surface area contributed by atoms with Gasteiger partial charge in [-0.15, -0.1) is 12.4 Å². The van der Waals surface area contributed by atoms with Gasteiger partial charge in [-0.2, -0.15) is 0 Å². The van der Waals surface area contributed by atoms with Gasteiger partial charge in [0, 0.05) is 31.5 Å². The fourth-order valence-electron chi connectivity index (χ4n) is 2.65. The first-order valence-electron chi connectivity index (χ1n) is 6.76. The van der Waals surface area contributed by atoms with E-state index in [2.05, 4.69) is 23.5 Å². The summed E-state index contributed by atoms with van der Waals surface area (Å²) in [4.78, 5) is 0. The number of hydrogen-bond acceptors (Lipinski definition) is 3. The van der Waals surface area contributed by atoms with Crippen molar-refractivity contribution in [3.05, 3.63) is 29.8 Å². The van der Waals surface area contributed by atoms with Crippen molar-refractivity contribution in [2.24, 2.45) is 0 Å². The molecule has 1 fully saturated rings. The van der Waals surface area contributed by atoms with Crippen molar-refractivity contribution >= 4 is 18.1 Å². The van der Waals surface area contributed by atoms with E-state index in [0.29, 0.717) is 6.04 Å². The molecule has 1 aromatic carbocycles. The van der Waals surface area contributed by atoms with Crippen LogP contribution >= 0.6 is 12.4 Å². The number of benzene rings is 1. The molecule has 0 aromatic heterocycles. The van der Waals surface area contributed by atoms with Gasteiger partial charge in [0.15, 0.2) is 6.29 Å². The van der Waals surface area contributed by atoms with E-state index in [0.717, 1.165) is 11.3 Å². The van der Waals surface area contributed by atoms with Crippen molar-refractivity contribution in [3.8, 4) is 0 Å². The van der Waals surface area contributed by atoms with Gasteiger partial charge in [0.05, 0.1) is 0 Å². The Kier molecular flexibility index (Phi) is 7.21. The highest BCUT2D eigenvalue weighted by Crippen LogP contribution is 2.28. The smallest absolute Gasteiger partial charge is 0.185 e. The van der Waals surface area contributed by atoms with Gasteiger partial charge >= 0.3 is 0 Å². The van der Waals surface area contributed by atoms with E-state index in [-0.39, 0.29) is 18.7 Å². The number of anilines is 1. The summed E-state index contributed by atoms with van der Waals surface area (Å²) in [5, 5.41) is 3.64. The Balaban J connectivity index is 0.00000180. The SMILES string of the molecule is COC(OC)c1ccccc1NC1CCCCC1.Cl. The molecule has 1 N–H and O–H groups in total. The second-order valence-electron chi connectivity index (χ2n) is 4.87. The van der Waals surface area contributed by atoms with Crippen molar-refractivity contribution in [2.75, 3.05) is 19.5 Å². The summed E-state index contributed by atoms with van der Waals surface area (Å²) in [5.74, 6) is 0. The number of hydrogen-bond donors (Lipinski definition) is 1. The summed E-state index contributed by atoms with van der Waals surface area (Å²) >= 11 is 0. The zero-order valence-corrected chi connectivity index (χ0v) is 12.5. The first-order chi connectivity index (χ1) is 8.85. The van der Waals surface area contributed by atoms with Crippen molar-refractivity contribution in [3.63, 3.8) is 0 Å². The van der Waals surface area contributed by atoms with Crippen molar-refractivity contribution < 1.29 is 9.47 Å². The zero-order valence-electron chi connectivity index (χ0n) is 11.7. The first kappa shape index (κ1) is 16.3. The van der Waals surface area contributed by atoms with Gasteiger partial charge in [0.25, 0.3) is 0 Å². The highest BCUT2D eigenvalue weighted by molar-refractivity contribution is 5.85. The first-order valence-corrected chi connectivity index (χ1v) is 6.76. The lowest BCUT2D eigenvalue weighted by Crippen LogP contribution is -2.23. The van der Waals surface area contributed by atoms with E-state index in [1.807, 2.05) is 6.07 Å². The molecule has 1 aromatic rings. The van der Waals surface area contributed by atoms with Crippen LogP contribution in [0.4, 0.5) is 5.69 Å². The highest BCUT2D eigenvalue weighted by atomic mass is 35.5. The quantitative estimate of drug-likeness (QED) is 0.825. The second-order valence-corrected chi connectivity index (χ2v) is 4.87. The van der Waals surface area contributed by atoms with Gasteiger partial charge in [0.1, 0.15) is 0 Å². The van der Waals surface area contributed by atoms with Crippen LogP contribution in [0.15, 0.2) is 24.3 Å². The Morgan fingerprint density at radius 2 is 1.68 bits per heavy atom. The fraction of sp³-hybridized carbons (Fsp3) is 0.600. The zero-order chi connectivity index (χ0) is 12.8. The van der Waals surface area contributed by atoms with Gasteiger partial charge in [-0.3, -0.25) is 0 Å². The van der Waals surface area contributed by atoms with Gasteiger partial charge in [-0.05, 0) is 18.9 Å². The lowest BCUT2D eigenvalue weighted by atomic mass is 9.95. The Morgan fingerprint density at radius 3 is 2.32 bits per heavy atom. The summed E-state index contributed by atoms with van der Waals surface area (Å²) in [6.45, 7) is 0. The van der Waals surface area contributed by atoms with Gasteiger partial charge < -0.3 is 14.8 Å². The molecule has 1 aliphatic rings. The molecule has 0 atom stereocenters. The van der Waals surface area contributed by atoms with Crippen LogP contribution in [0.1, 0.15) is 44.0 Å². The summed E-state index contributed by atoms with van der Waals surface area (Å²) in [5.41, 5.74) is 2.21. The molecule has 0 radical (unpaired) electrons. The molecular weight excluding hydrogens is 262 g/mol. The topological polar surface area (TPSA) is 30.5 Å². The second kappa shape index (κ2) is 8.41. The standard InChI is InChI=1S/C15H23NO2.ClH/c1-17-15(18-2)13-10-6-7-11-14(13)16-12-8-4-3-5-9-12;/h6-7,10-12,15-16H,3-5,8-9H2,1-2H3;1H. The predicted molar refractivity (Wildman–Crippen MR) is 80.9 cm³/mol. The Labute approximate surface area is 122 Å². The lowest BCUT2D eigenvalue weighted by molar-refractivity contribution is -0.105. The number of halogens is 1. The largest absolute Gasteiger partial charge is 0.382 e. The third-order valence-corrected chi connectivity index (χ3v) is 3.61. The maximum Gasteiger partial charge on any atom is 0.185 e. The Morgan fingerprint density at radius 1 is 1.05 bits per heavy atom. The van der Waals surface area contributed by atoms with E-state index in [1.54, 1.807) is 14.2 Å². The van der Waals surface area contributed by atoms with Gasteiger partial charge in [-0.1, -0.05) is 37.5 Å². The van der Waals surface area contributed by atoms with Crippen LogP contribution in [0.5, 0.6) is 0 Å². The van der Waals surface area contributed by atoms with E-state index < -0.39 is 0 Å². The molecule has 0 amide bonds. The van der Waals surface area contributed by atoms with Crippen LogP contribution in [0.25, 0.3) is 0 Å². The summed E-state index contributed by atoms with van der Waals surface area (Å²) in [6, 6.07) is 8.83. The van der Waals surface area contributed by atoms with Crippen LogP contribution in [0.3, 0.4) is 0 Å². The molecule has 4 heteroatoms. The number of nitrogens with one attached hydrogen (secondary N) is 1. The minimum absolute atomic E-state index is 0. The minimum atomic E-state index is -0.294. The number of rotatable bonds is 5. The molecule has 19 heavy (non-hydrogen) atoms. The monoisotopic (exact) mass is 285 g/mol. The van der Waals surface area contributed by atoms with Crippen LogP contribution in [-0.2, 0) is 9.47 Å². The van der Waals surface area contributed by atoms with E-state index >= 15 is 0 Å². The molecule has 0 spiro atoms. The molecule has 3 nitrogen and oxygen atoms in total. The number of methoxy groups -OCH3 is 2. The number of para-hydroxylation sites is 1. The van der Waals surface area contributed by atoms with Gasteiger partial charge in [0.2, 0.25) is 0 Å². The maximum atomic E-state index is 5.35. The summed E-state index contributed by atoms with van der Waals surface area (Å²) in [6.07, 6.45) is 6.27. The van der Waals surface area contributed by atoms with Gasteiger partial charge in [-0.25, -0.2) is 0 Å². The highest BCUT2D eigenvalue weighted by Gasteiger charge is 2.17. The fourth-order valence-corrected chi connectivity index (χ4v) is 2.65. The molecule has 0 saturated heterocycles. The molecule has 0 bridgehead atoms. The molecule has 0 unspecified atom stereocenters. The average Bonchev–Trinajstić information content (AvgIpc) is 2.43. The molecule has 108 valence electrons. The number of ether oxygens (including phenoxy) is 2. The van der Waals surface area contributed by atoms with Crippen LogP contribution < -0.4 is 5.32 Å². The van der Waals surface area contributed by atoms with E-state index in [9.17, 15) is 0 Å². The third kappa shape index (κ3) is 4.37. The van der Waals surface area contributed by atoms with Crippen molar-refractivity contribution in [1.82, 2.24) is 0 Å². The van der Waals surface area contributed by atoms with E-state index in [1.165, 1.54) is 32.1 Å². The van der Waals surface area contributed by atoms with E-state index in [4.69, 9.17) is 9.47 Å². The molecule has 2 rings (SSSR count). The van der Waals surface area contributed by atoms with Crippen molar-refractivity contribution in [2.45, 2.75) is 44.4 Å². The van der Waals surface area contributed by atoms with Crippen LogP contribution in [-0.4, -0.2) is 20.3 Å². The molecule has 1 saturated carbocycles. The minimum Gasteiger partial charge on any atom is -0.382 e. The molecular formula is C15H24ClNO2. The predicted octanol–water partition coefficient (Wildman–Crippen LogP) is 4.14. The summed E-state index contributed by atoms with van der Waals surface area (Å²) in [7, 11) is 3.34. The lowest BCUT2D eigenvalue weighted by Gasteiger charge is -2.26. The Bertz CT molecular complexity index is 363. The molecule has 1 aliphatic carbocycles. The molecule has 0 aliphatic heterocycles. The third-order valence-electron chi connectivity index (χ3n) is 3.61. The van der Waals surface area contributed by atoms with Crippen LogP contribution in [0.2, 0.25) is 0 Å².